The molecule has 0 spiro atoms. The van der Waals surface area contributed by atoms with Gasteiger partial charge in [0.15, 0.2) is 0 Å². The molecule has 9 aromatic carbocycles. The summed E-state index contributed by atoms with van der Waals surface area (Å²) in [5.74, 6) is 0. The van der Waals surface area contributed by atoms with Crippen molar-refractivity contribution in [1.29, 1.82) is 0 Å². The van der Waals surface area contributed by atoms with Crippen LogP contribution in [0.25, 0.3) is 108 Å². The van der Waals surface area contributed by atoms with Crippen molar-refractivity contribution in [3.63, 3.8) is 0 Å². The standard InChI is InChI=1S/C55H36N2S/c1-55(2)49-31-38(22-25-42(49)43-26-24-39(32-50(43)55)40-11-7-12-47-44-9-5-6-13-51(44)58-54(40)47)36-20-16-34(17-21-36)33-14-18-35(19-15-33)37-23-27-46-48(30-37)41-8-3-4-10-45(41)52-53(46)57-29-28-56-52/h3-32H,1-2H3. The van der Waals surface area contributed by atoms with Crippen LogP contribution >= 0.6 is 11.3 Å². The highest BCUT2D eigenvalue weighted by molar-refractivity contribution is 7.26. The van der Waals surface area contributed by atoms with Crippen molar-refractivity contribution >= 4 is 64.1 Å². The fourth-order valence-electron chi connectivity index (χ4n) is 9.58. The highest BCUT2D eigenvalue weighted by Crippen LogP contribution is 2.51. The van der Waals surface area contributed by atoms with E-state index in [0.29, 0.717) is 0 Å². The fourth-order valence-corrected chi connectivity index (χ4v) is 10.8. The quantitative estimate of drug-likeness (QED) is 0.167. The molecule has 0 saturated carbocycles. The van der Waals surface area contributed by atoms with Crippen molar-refractivity contribution in [2.24, 2.45) is 0 Å². The second-order valence-electron chi connectivity index (χ2n) is 16.1. The van der Waals surface area contributed by atoms with E-state index in [2.05, 4.69) is 189 Å². The Balaban J connectivity index is 0.833. The average molecular weight is 757 g/mol. The second-order valence-corrected chi connectivity index (χ2v) is 17.2. The number of rotatable bonds is 4. The van der Waals surface area contributed by atoms with Gasteiger partial charge in [-0.3, -0.25) is 9.97 Å². The van der Waals surface area contributed by atoms with E-state index in [1.165, 1.54) is 97.7 Å². The number of benzene rings is 9. The molecular formula is C55H36N2S. The van der Waals surface area contributed by atoms with Crippen molar-refractivity contribution in [3.05, 3.63) is 193 Å². The minimum atomic E-state index is -0.119. The van der Waals surface area contributed by atoms with Crippen LogP contribution in [0.5, 0.6) is 0 Å². The predicted octanol–water partition coefficient (Wildman–Crippen LogP) is 15.3. The Morgan fingerprint density at radius 2 is 0.845 bits per heavy atom. The molecule has 1 aliphatic rings. The topological polar surface area (TPSA) is 25.8 Å². The van der Waals surface area contributed by atoms with Gasteiger partial charge in [-0.1, -0.05) is 159 Å². The number of hydrogen-bond acceptors (Lipinski definition) is 3. The van der Waals surface area contributed by atoms with Gasteiger partial charge in [-0.15, -0.1) is 11.3 Å². The van der Waals surface area contributed by atoms with Gasteiger partial charge in [0.1, 0.15) is 0 Å². The van der Waals surface area contributed by atoms with E-state index in [4.69, 9.17) is 4.98 Å². The average Bonchev–Trinajstić information content (AvgIpc) is 3.78. The van der Waals surface area contributed by atoms with Crippen LogP contribution in [0.3, 0.4) is 0 Å². The Kier molecular flexibility index (Phi) is 7.18. The Morgan fingerprint density at radius 3 is 1.52 bits per heavy atom. The molecule has 1 aliphatic carbocycles. The normalized spacial score (nSPS) is 13.1. The third-order valence-electron chi connectivity index (χ3n) is 12.6. The van der Waals surface area contributed by atoms with E-state index in [0.717, 1.165) is 21.8 Å². The number of aromatic nitrogens is 2. The smallest absolute Gasteiger partial charge is 0.0971 e. The van der Waals surface area contributed by atoms with E-state index >= 15 is 0 Å². The lowest BCUT2D eigenvalue weighted by atomic mass is 9.80. The molecule has 0 bridgehead atoms. The van der Waals surface area contributed by atoms with Crippen LogP contribution in [0.2, 0.25) is 0 Å². The molecule has 2 nitrogen and oxygen atoms in total. The van der Waals surface area contributed by atoms with E-state index in [1.807, 2.05) is 11.3 Å². The molecule has 3 heteroatoms. The zero-order valence-corrected chi connectivity index (χ0v) is 32.9. The summed E-state index contributed by atoms with van der Waals surface area (Å²) < 4.78 is 2.71. The SMILES string of the molecule is CC1(C)c2cc(-c3ccc(-c4ccc(-c5ccc6c(c5)c5ccccc5c5nccnc65)cc4)cc3)ccc2-c2ccc(-c3cccc4c3sc3ccccc34)cc21. The molecule has 12 rings (SSSR count). The van der Waals surface area contributed by atoms with Crippen LogP contribution in [0.4, 0.5) is 0 Å². The van der Waals surface area contributed by atoms with E-state index in [-0.39, 0.29) is 5.41 Å². The summed E-state index contributed by atoms with van der Waals surface area (Å²) in [5, 5.41) is 7.35. The molecule has 0 unspecified atom stereocenters. The van der Waals surface area contributed by atoms with Gasteiger partial charge >= 0.3 is 0 Å². The van der Waals surface area contributed by atoms with Crippen LogP contribution in [-0.2, 0) is 5.41 Å². The first-order valence-corrected chi connectivity index (χ1v) is 20.8. The molecule has 272 valence electrons. The fraction of sp³-hybridized carbons (Fsp3) is 0.0545. The van der Waals surface area contributed by atoms with Gasteiger partial charge in [0.2, 0.25) is 0 Å². The Hall–Kier alpha value is -6.94. The lowest BCUT2D eigenvalue weighted by Crippen LogP contribution is -2.15. The lowest BCUT2D eigenvalue weighted by Gasteiger charge is -2.22. The number of thiophene rings is 1. The molecule has 0 radical (unpaired) electrons. The summed E-state index contributed by atoms with van der Waals surface area (Å²) in [7, 11) is 0. The third-order valence-corrected chi connectivity index (χ3v) is 13.8. The summed E-state index contributed by atoms with van der Waals surface area (Å²) in [6, 6.07) is 62.9. The monoisotopic (exact) mass is 756 g/mol. The number of hydrogen-bond donors (Lipinski definition) is 0. The molecule has 0 aliphatic heterocycles. The molecule has 0 amide bonds. The Morgan fingerprint density at radius 1 is 0.362 bits per heavy atom. The molecule has 0 atom stereocenters. The van der Waals surface area contributed by atoms with E-state index in [1.54, 1.807) is 12.4 Å². The van der Waals surface area contributed by atoms with Gasteiger partial charge in [0.25, 0.3) is 0 Å². The van der Waals surface area contributed by atoms with Crippen LogP contribution in [0, 0.1) is 0 Å². The molecule has 2 aromatic heterocycles. The van der Waals surface area contributed by atoms with Gasteiger partial charge in [-0.05, 0) is 102 Å². The van der Waals surface area contributed by atoms with Crippen molar-refractivity contribution in [1.82, 2.24) is 9.97 Å². The molecule has 11 aromatic rings. The Labute approximate surface area is 340 Å². The summed E-state index contributed by atoms with van der Waals surface area (Å²) in [4.78, 5) is 9.41. The van der Waals surface area contributed by atoms with E-state index in [9.17, 15) is 0 Å². The summed E-state index contributed by atoms with van der Waals surface area (Å²) in [6.07, 6.45) is 3.56. The maximum Gasteiger partial charge on any atom is 0.0971 e. The number of nitrogens with zero attached hydrogens (tertiary/aromatic N) is 2. The van der Waals surface area contributed by atoms with Crippen LogP contribution in [0.1, 0.15) is 25.0 Å². The second kappa shape index (κ2) is 12.5. The first kappa shape index (κ1) is 33.2. The zero-order valence-electron chi connectivity index (χ0n) is 32.1. The maximum absolute atomic E-state index is 4.73. The van der Waals surface area contributed by atoms with Crippen molar-refractivity contribution < 1.29 is 0 Å². The van der Waals surface area contributed by atoms with Gasteiger partial charge in [0.05, 0.1) is 11.0 Å². The van der Waals surface area contributed by atoms with E-state index < -0.39 is 0 Å². The molecule has 0 N–H and O–H groups in total. The van der Waals surface area contributed by atoms with Gasteiger partial charge in [-0.2, -0.15) is 0 Å². The first-order chi connectivity index (χ1) is 28.5. The highest BCUT2D eigenvalue weighted by Gasteiger charge is 2.36. The Bertz CT molecular complexity index is 3430. The van der Waals surface area contributed by atoms with Crippen LogP contribution in [-0.4, -0.2) is 9.97 Å². The zero-order chi connectivity index (χ0) is 38.5. The molecule has 2 heterocycles. The predicted molar refractivity (Wildman–Crippen MR) is 247 cm³/mol. The number of fused-ring (bicyclic) bond motifs is 12. The minimum Gasteiger partial charge on any atom is -0.252 e. The summed E-state index contributed by atoms with van der Waals surface area (Å²) >= 11 is 1.90. The van der Waals surface area contributed by atoms with Gasteiger partial charge in [-0.25, -0.2) is 0 Å². The lowest BCUT2D eigenvalue weighted by molar-refractivity contribution is 0.661. The maximum atomic E-state index is 4.73. The third kappa shape index (κ3) is 4.97. The molecule has 0 fully saturated rings. The summed E-state index contributed by atoms with van der Waals surface area (Å²) in [5.41, 5.74) is 17.1. The van der Waals surface area contributed by atoms with Crippen LogP contribution < -0.4 is 0 Å². The minimum absolute atomic E-state index is 0.119. The van der Waals surface area contributed by atoms with Gasteiger partial charge < -0.3 is 0 Å². The molecule has 58 heavy (non-hydrogen) atoms. The summed E-state index contributed by atoms with van der Waals surface area (Å²) in [6.45, 7) is 4.77. The van der Waals surface area contributed by atoms with Crippen molar-refractivity contribution in [3.8, 4) is 55.6 Å². The molecule has 0 saturated heterocycles. The highest BCUT2D eigenvalue weighted by atomic mass is 32.1. The van der Waals surface area contributed by atoms with Crippen molar-refractivity contribution in [2.75, 3.05) is 0 Å². The first-order valence-electron chi connectivity index (χ1n) is 20.0. The van der Waals surface area contributed by atoms with Crippen molar-refractivity contribution in [2.45, 2.75) is 19.3 Å². The largest absolute Gasteiger partial charge is 0.252 e. The van der Waals surface area contributed by atoms with Gasteiger partial charge in [0, 0.05) is 48.8 Å². The molecular weight excluding hydrogens is 721 g/mol. The van der Waals surface area contributed by atoms with Crippen LogP contribution in [0.15, 0.2) is 182 Å².